The molecular formula is C18H24ClN5O5S. The zero-order valence-corrected chi connectivity index (χ0v) is 18.4. The van der Waals surface area contributed by atoms with Crippen LogP contribution in [0.2, 0.25) is 5.28 Å². The number of amides is 1. The molecule has 164 valence electrons. The third-order valence-corrected chi connectivity index (χ3v) is 8.24. The van der Waals surface area contributed by atoms with Crippen LogP contribution in [0.25, 0.3) is 11.2 Å². The summed E-state index contributed by atoms with van der Waals surface area (Å²) in [6.45, 7) is -0.240. The molecule has 1 saturated heterocycles. The van der Waals surface area contributed by atoms with Gasteiger partial charge in [0.2, 0.25) is 11.2 Å². The Balaban J connectivity index is 1.74. The first-order chi connectivity index (χ1) is 14.1. The quantitative estimate of drug-likeness (QED) is 0.599. The van der Waals surface area contributed by atoms with Crippen molar-refractivity contribution in [3.8, 4) is 0 Å². The van der Waals surface area contributed by atoms with Crippen molar-refractivity contribution in [3.63, 3.8) is 0 Å². The standard InChI is InChI=1S/C18H24ClN5O5S/c1-21-15-14(16(26)22(2)18(21)27)23(17(19)20-15)9-13(25)24(11-5-3-4-6-11)12-7-8-30(28,29)10-12/h11-12H,3-10H2,1-2H3/t12-/m0/s1. The highest BCUT2D eigenvalue weighted by molar-refractivity contribution is 7.91. The van der Waals surface area contributed by atoms with E-state index in [4.69, 9.17) is 11.6 Å². The molecule has 30 heavy (non-hydrogen) atoms. The SMILES string of the molecule is Cn1c(=O)c2c(nc(Cl)n2CC(=O)N(C2CCCC2)[C@H]2CCS(=O)(=O)C2)n(C)c1=O. The minimum absolute atomic E-state index is 0.0171. The molecule has 10 nitrogen and oxygen atoms in total. The molecule has 0 spiro atoms. The van der Waals surface area contributed by atoms with Gasteiger partial charge in [-0.2, -0.15) is 4.98 Å². The summed E-state index contributed by atoms with van der Waals surface area (Å²) in [6, 6.07) is -0.386. The highest BCUT2D eigenvalue weighted by Crippen LogP contribution is 2.30. The smallest absolute Gasteiger partial charge is 0.332 e. The third kappa shape index (κ3) is 3.47. The summed E-state index contributed by atoms with van der Waals surface area (Å²) >= 11 is 6.25. The van der Waals surface area contributed by atoms with Gasteiger partial charge in [0.25, 0.3) is 5.56 Å². The number of hydrogen-bond acceptors (Lipinski definition) is 6. The fourth-order valence-electron chi connectivity index (χ4n) is 4.66. The van der Waals surface area contributed by atoms with E-state index in [0.29, 0.717) is 6.42 Å². The molecule has 0 bridgehead atoms. The Morgan fingerprint density at radius 1 is 1.13 bits per heavy atom. The second kappa shape index (κ2) is 7.52. The molecule has 0 aromatic carbocycles. The molecule has 1 aliphatic carbocycles. The molecule has 1 amide bonds. The Kier molecular flexibility index (Phi) is 5.29. The summed E-state index contributed by atoms with van der Waals surface area (Å²) < 4.78 is 27.5. The summed E-state index contributed by atoms with van der Waals surface area (Å²) in [5.74, 6) is -0.253. The van der Waals surface area contributed by atoms with Crippen LogP contribution in [0.15, 0.2) is 9.59 Å². The molecule has 12 heteroatoms. The summed E-state index contributed by atoms with van der Waals surface area (Å²) in [7, 11) is -0.329. The maximum Gasteiger partial charge on any atom is 0.332 e. The Morgan fingerprint density at radius 3 is 2.40 bits per heavy atom. The second-order valence-electron chi connectivity index (χ2n) is 8.14. The second-order valence-corrected chi connectivity index (χ2v) is 10.7. The summed E-state index contributed by atoms with van der Waals surface area (Å²) in [5, 5.41) is -0.0675. The number of carbonyl (C=O) groups excluding carboxylic acids is 1. The van der Waals surface area contributed by atoms with Gasteiger partial charge in [0.1, 0.15) is 6.54 Å². The van der Waals surface area contributed by atoms with Crippen LogP contribution in [-0.4, -0.2) is 61.5 Å². The van der Waals surface area contributed by atoms with Crippen molar-refractivity contribution < 1.29 is 13.2 Å². The van der Waals surface area contributed by atoms with Crippen molar-refractivity contribution in [3.05, 3.63) is 26.1 Å². The number of halogens is 1. The molecule has 4 rings (SSSR count). The number of nitrogens with zero attached hydrogens (tertiary/aromatic N) is 5. The van der Waals surface area contributed by atoms with Gasteiger partial charge in [-0.3, -0.25) is 23.3 Å². The van der Waals surface area contributed by atoms with Gasteiger partial charge in [-0.25, -0.2) is 13.2 Å². The van der Waals surface area contributed by atoms with Crippen molar-refractivity contribution in [2.24, 2.45) is 14.1 Å². The summed E-state index contributed by atoms with van der Waals surface area (Å²) in [6.07, 6.45) is 4.06. The number of imidazole rings is 1. The molecule has 2 fully saturated rings. The highest BCUT2D eigenvalue weighted by atomic mass is 35.5. The number of aryl methyl sites for hydroxylation is 1. The zero-order chi connectivity index (χ0) is 21.8. The minimum atomic E-state index is -3.16. The van der Waals surface area contributed by atoms with Gasteiger partial charge in [0, 0.05) is 26.2 Å². The van der Waals surface area contributed by atoms with Crippen LogP contribution in [0.1, 0.15) is 32.1 Å². The van der Waals surface area contributed by atoms with Crippen LogP contribution >= 0.6 is 11.6 Å². The molecule has 0 N–H and O–H groups in total. The highest BCUT2D eigenvalue weighted by Gasteiger charge is 2.39. The molecule has 2 aromatic heterocycles. The molecule has 1 atom stereocenters. The Morgan fingerprint density at radius 2 is 1.80 bits per heavy atom. The Bertz CT molecular complexity index is 1240. The first kappa shape index (κ1) is 21.1. The van der Waals surface area contributed by atoms with Crippen molar-refractivity contribution in [1.82, 2.24) is 23.6 Å². The van der Waals surface area contributed by atoms with Crippen LogP contribution in [-0.2, 0) is 35.3 Å². The van der Waals surface area contributed by atoms with Crippen molar-refractivity contribution in [1.29, 1.82) is 0 Å². The normalized spacial score (nSPS) is 21.5. The van der Waals surface area contributed by atoms with E-state index in [1.54, 1.807) is 4.90 Å². The molecule has 0 unspecified atom stereocenters. The summed E-state index contributed by atoms with van der Waals surface area (Å²) in [4.78, 5) is 44.1. The van der Waals surface area contributed by atoms with Gasteiger partial charge in [0.05, 0.1) is 11.5 Å². The predicted molar refractivity (Wildman–Crippen MR) is 111 cm³/mol. The Hall–Kier alpha value is -2.14. The molecule has 0 radical (unpaired) electrons. The topological polar surface area (TPSA) is 116 Å². The van der Waals surface area contributed by atoms with Crippen LogP contribution in [0, 0.1) is 0 Å². The van der Waals surface area contributed by atoms with E-state index in [1.807, 2.05) is 0 Å². The van der Waals surface area contributed by atoms with Crippen LogP contribution in [0.5, 0.6) is 0 Å². The number of fused-ring (bicyclic) bond motifs is 1. The first-order valence-electron chi connectivity index (χ1n) is 9.94. The van der Waals surface area contributed by atoms with Crippen LogP contribution in [0.4, 0.5) is 0 Å². The monoisotopic (exact) mass is 457 g/mol. The zero-order valence-electron chi connectivity index (χ0n) is 16.9. The van der Waals surface area contributed by atoms with Gasteiger partial charge in [0.15, 0.2) is 21.0 Å². The maximum absolute atomic E-state index is 13.4. The molecule has 3 heterocycles. The van der Waals surface area contributed by atoms with E-state index in [2.05, 4.69) is 4.98 Å². The van der Waals surface area contributed by atoms with Crippen LogP contribution < -0.4 is 11.2 Å². The van der Waals surface area contributed by atoms with Crippen molar-refractivity contribution in [2.75, 3.05) is 11.5 Å². The van der Waals surface area contributed by atoms with E-state index < -0.39 is 21.1 Å². The van der Waals surface area contributed by atoms with E-state index in [0.717, 1.165) is 30.3 Å². The largest absolute Gasteiger partial charge is 0.334 e. The predicted octanol–water partition coefficient (Wildman–Crippen LogP) is 0.0454. The van der Waals surface area contributed by atoms with Gasteiger partial charge < -0.3 is 4.90 Å². The van der Waals surface area contributed by atoms with E-state index in [1.165, 1.54) is 23.2 Å². The lowest BCUT2D eigenvalue weighted by molar-refractivity contribution is -0.136. The molecule has 2 aliphatic rings. The Labute approximate surface area is 178 Å². The molecule has 2 aromatic rings. The minimum Gasteiger partial charge on any atom is -0.334 e. The van der Waals surface area contributed by atoms with E-state index in [-0.39, 0.29) is 52.5 Å². The van der Waals surface area contributed by atoms with Crippen LogP contribution in [0.3, 0.4) is 0 Å². The molecule has 1 saturated carbocycles. The van der Waals surface area contributed by atoms with Gasteiger partial charge in [-0.1, -0.05) is 12.8 Å². The number of sulfone groups is 1. The fourth-order valence-corrected chi connectivity index (χ4v) is 6.60. The number of carbonyl (C=O) groups is 1. The summed E-state index contributed by atoms with van der Waals surface area (Å²) in [5.41, 5.74) is -0.944. The van der Waals surface area contributed by atoms with Gasteiger partial charge in [-0.05, 0) is 30.9 Å². The first-order valence-corrected chi connectivity index (χ1v) is 12.1. The van der Waals surface area contributed by atoms with Gasteiger partial charge in [-0.15, -0.1) is 0 Å². The van der Waals surface area contributed by atoms with E-state index >= 15 is 0 Å². The number of rotatable bonds is 4. The lowest BCUT2D eigenvalue weighted by Gasteiger charge is -2.34. The average molecular weight is 458 g/mol. The number of hydrogen-bond donors (Lipinski definition) is 0. The van der Waals surface area contributed by atoms with Gasteiger partial charge >= 0.3 is 5.69 Å². The lowest BCUT2D eigenvalue weighted by Crippen LogP contribution is -2.48. The average Bonchev–Trinajstić information content (AvgIpc) is 3.40. The maximum atomic E-state index is 13.4. The lowest BCUT2D eigenvalue weighted by atomic mass is 10.1. The third-order valence-electron chi connectivity index (χ3n) is 6.20. The van der Waals surface area contributed by atoms with Crippen molar-refractivity contribution in [2.45, 2.75) is 50.7 Å². The van der Waals surface area contributed by atoms with E-state index in [9.17, 15) is 22.8 Å². The molecular weight excluding hydrogens is 434 g/mol. The molecule has 1 aliphatic heterocycles. The van der Waals surface area contributed by atoms with Crippen molar-refractivity contribution >= 4 is 38.5 Å². The number of aromatic nitrogens is 4. The fraction of sp³-hybridized carbons (Fsp3) is 0.667.